The van der Waals surface area contributed by atoms with Crippen LogP contribution in [0.25, 0.3) is 0 Å². The van der Waals surface area contributed by atoms with E-state index >= 15 is 0 Å². The molecule has 4 nitrogen and oxygen atoms in total. The molecule has 0 aliphatic rings. The quantitative estimate of drug-likeness (QED) is 0.893. The van der Waals surface area contributed by atoms with Gasteiger partial charge in [-0.1, -0.05) is 11.6 Å². The minimum Gasteiger partial charge on any atom is -0.323 e. The van der Waals surface area contributed by atoms with Gasteiger partial charge in [0.05, 0.1) is 4.34 Å². The van der Waals surface area contributed by atoms with Crippen LogP contribution in [0.2, 0.25) is 4.34 Å². The Morgan fingerprint density at radius 1 is 1.60 bits per heavy atom. The average molecular weight is 243 g/mol. The van der Waals surface area contributed by atoms with E-state index in [1.165, 1.54) is 17.7 Å². The number of rotatable bonds is 3. The predicted molar refractivity (Wildman–Crippen MR) is 61.0 cm³/mol. The lowest BCUT2D eigenvalue weighted by molar-refractivity contribution is 0.635. The first-order valence-electron chi connectivity index (χ1n) is 4.50. The van der Waals surface area contributed by atoms with Crippen molar-refractivity contribution in [1.29, 1.82) is 0 Å². The van der Waals surface area contributed by atoms with Gasteiger partial charge in [-0.15, -0.1) is 11.3 Å². The van der Waals surface area contributed by atoms with Crippen molar-refractivity contribution in [3.05, 3.63) is 33.5 Å². The lowest BCUT2D eigenvalue weighted by Gasteiger charge is -2.07. The molecule has 0 saturated carbocycles. The molecule has 0 aliphatic heterocycles. The molecule has 0 amide bonds. The number of nitrogens with zero attached hydrogens (tertiary/aromatic N) is 3. The molecule has 0 saturated heterocycles. The third kappa shape index (κ3) is 2.37. The molecule has 0 spiro atoms. The second kappa shape index (κ2) is 4.30. The molecule has 15 heavy (non-hydrogen) atoms. The van der Waals surface area contributed by atoms with Crippen LogP contribution in [0.15, 0.2) is 18.5 Å². The molecular formula is C9H11ClN4S. The number of hydrogen-bond acceptors (Lipinski definition) is 4. The number of halogens is 1. The highest BCUT2D eigenvalue weighted by molar-refractivity contribution is 7.16. The van der Waals surface area contributed by atoms with Crippen LogP contribution < -0.4 is 5.73 Å². The maximum absolute atomic E-state index is 6.04. The zero-order valence-electron chi connectivity index (χ0n) is 8.22. The molecule has 1 atom stereocenters. The Kier molecular flexibility index (Phi) is 3.04. The van der Waals surface area contributed by atoms with Crippen molar-refractivity contribution in [1.82, 2.24) is 14.8 Å². The van der Waals surface area contributed by atoms with E-state index in [-0.39, 0.29) is 6.04 Å². The van der Waals surface area contributed by atoms with E-state index < -0.39 is 0 Å². The Bertz CT molecular complexity index is 450. The Labute approximate surface area is 96.7 Å². The van der Waals surface area contributed by atoms with Gasteiger partial charge in [0, 0.05) is 24.4 Å². The third-order valence-electron chi connectivity index (χ3n) is 2.17. The summed E-state index contributed by atoms with van der Waals surface area (Å²) in [7, 11) is 1.86. The van der Waals surface area contributed by atoms with E-state index in [4.69, 9.17) is 17.3 Å². The van der Waals surface area contributed by atoms with Crippen molar-refractivity contribution in [2.24, 2.45) is 12.8 Å². The zero-order valence-corrected chi connectivity index (χ0v) is 9.79. The lowest BCUT2D eigenvalue weighted by atomic mass is 10.2. The molecule has 80 valence electrons. The number of nitrogens with two attached hydrogens (primary N) is 1. The van der Waals surface area contributed by atoms with Gasteiger partial charge in [-0.2, -0.15) is 5.10 Å². The van der Waals surface area contributed by atoms with Crippen molar-refractivity contribution < 1.29 is 0 Å². The van der Waals surface area contributed by atoms with Crippen LogP contribution in [0.5, 0.6) is 0 Å². The molecule has 2 aromatic heterocycles. The van der Waals surface area contributed by atoms with Crippen molar-refractivity contribution in [2.45, 2.75) is 12.5 Å². The van der Waals surface area contributed by atoms with E-state index in [1.54, 1.807) is 4.68 Å². The summed E-state index contributed by atoms with van der Waals surface area (Å²) in [6, 6.07) is 3.75. The standard InChI is InChI=1S/C9H11ClN4S/c1-14-9(12-5-13-14)4-6(11)7-2-3-8(10)15-7/h2-3,5-6H,4,11H2,1H3. The molecule has 6 heteroatoms. The molecule has 0 aromatic carbocycles. The van der Waals surface area contributed by atoms with Crippen LogP contribution in [-0.4, -0.2) is 14.8 Å². The fourth-order valence-corrected chi connectivity index (χ4v) is 2.39. The first-order chi connectivity index (χ1) is 7.16. The van der Waals surface area contributed by atoms with E-state index in [0.717, 1.165) is 15.0 Å². The highest BCUT2D eigenvalue weighted by Gasteiger charge is 2.12. The van der Waals surface area contributed by atoms with Crippen LogP contribution in [0.4, 0.5) is 0 Å². The van der Waals surface area contributed by atoms with Crippen molar-refractivity contribution in [2.75, 3.05) is 0 Å². The Morgan fingerprint density at radius 2 is 2.40 bits per heavy atom. The van der Waals surface area contributed by atoms with Gasteiger partial charge in [0.2, 0.25) is 0 Å². The maximum Gasteiger partial charge on any atom is 0.138 e. The second-order valence-electron chi connectivity index (χ2n) is 3.25. The molecule has 2 N–H and O–H groups in total. The van der Waals surface area contributed by atoms with E-state index in [1.807, 2.05) is 19.2 Å². The normalized spacial score (nSPS) is 13.0. The minimum absolute atomic E-state index is 0.0644. The zero-order chi connectivity index (χ0) is 10.8. The molecule has 0 fully saturated rings. The molecule has 1 unspecified atom stereocenters. The van der Waals surface area contributed by atoms with E-state index in [9.17, 15) is 0 Å². The first-order valence-corrected chi connectivity index (χ1v) is 5.70. The third-order valence-corrected chi connectivity index (χ3v) is 3.53. The predicted octanol–water partition coefficient (Wildman–Crippen LogP) is 1.77. The number of aryl methyl sites for hydroxylation is 1. The summed E-state index contributed by atoms with van der Waals surface area (Å²) in [5.41, 5.74) is 6.04. The van der Waals surface area contributed by atoms with Gasteiger partial charge in [0.1, 0.15) is 12.2 Å². The van der Waals surface area contributed by atoms with E-state index in [2.05, 4.69) is 10.1 Å². The van der Waals surface area contributed by atoms with Gasteiger partial charge >= 0.3 is 0 Å². The van der Waals surface area contributed by atoms with Gasteiger partial charge < -0.3 is 5.73 Å². The smallest absolute Gasteiger partial charge is 0.138 e. The fourth-order valence-electron chi connectivity index (χ4n) is 1.33. The summed E-state index contributed by atoms with van der Waals surface area (Å²) in [5.74, 6) is 0.882. The van der Waals surface area contributed by atoms with E-state index in [0.29, 0.717) is 6.42 Å². The van der Waals surface area contributed by atoms with Crippen LogP contribution in [0.3, 0.4) is 0 Å². The van der Waals surface area contributed by atoms with Gasteiger partial charge in [-0.3, -0.25) is 4.68 Å². The summed E-state index contributed by atoms with van der Waals surface area (Å²) in [5, 5.41) is 4.00. The molecule has 2 heterocycles. The van der Waals surface area contributed by atoms with Gasteiger partial charge in [-0.05, 0) is 12.1 Å². The summed E-state index contributed by atoms with van der Waals surface area (Å²) in [6.07, 6.45) is 2.21. The molecule has 0 aliphatic carbocycles. The van der Waals surface area contributed by atoms with Crippen molar-refractivity contribution >= 4 is 22.9 Å². The number of thiophene rings is 1. The topological polar surface area (TPSA) is 56.7 Å². The highest BCUT2D eigenvalue weighted by atomic mass is 35.5. The summed E-state index contributed by atoms with van der Waals surface area (Å²) in [4.78, 5) is 5.20. The highest BCUT2D eigenvalue weighted by Crippen LogP contribution is 2.27. The molecule has 0 radical (unpaired) electrons. The summed E-state index contributed by atoms with van der Waals surface area (Å²) in [6.45, 7) is 0. The van der Waals surface area contributed by atoms with Crippen molar-refractivity contribution in [3.63, 3.8) is 0 Å². The average Bonchev–Trinajstić information content (AvgIpc) is 2.77. The molecule has 2 rings (SSSR count). The van der Waals surface area contributed by atoms with Crippen LogP contribution in [0, 0.1) is 0 Å². The molecule has 0 bridgehead atoms. The number of hydrogen-bond donors (Lipinski definition) is 1. The maximum atomic E-state index is 6.04. The minimum atomic E-state index is -0.0644. The van der Waals surface area contributed by atoms with Gasteiger partial charge in [-0.25, -0.2) is 4.98 Å². The van der Waals surface area contributed by atoms with Crippen LogP contribution in [0.1, 0.15) is 16.7 Å². The van der Waals surface area contributed by atoms with Gasteiger partial charge in [0.25, 0.3) is 0 Å². The summed E-state index contributed by atoms with van der Waals surface area (Å²) < 4.78 is 2.49. The first kappa shape index (κ1) is 10.6. The fraction of sp³-hybridized carbons (Fsp3) is 0.333. The Balaban J connectivity index is 2.10. The monoisotopic (exact) mass is 242 g/mol. The Morgan fingerprint density at radius 3 is 2.93 bits per heavy atom. The molecular weight excluding hydrogens is 232 g/mol. The summed E-state index contributed by atoms with van der Waals surface area (Å²) >= 11 is 7.35. The molecule has 2 aromatic rings. The van der Waals surface area contributed by atoms with Gasteiger partial charge in [0.15, 0.2) is 0 Å². The van der Waals surface area contributed by atoms with Crippen LogP contribution in [-0.2, 0) is 13.5 Å². The van der Waals surface area contributed by atoms with Crippen LogP contribution >= 0.6 is 22.9 Å². The second-order valence-corrected chi connectivity index (χ2v) is 5.00. The Hall–Kier alpha value is -0.910. The van der Waals surface area contributed by atoms with Crippen molar-refractivity contribution in [3.8, 4) is 0 Å². The SMILES string of the molecule is Cn1ncnc1CC(N)c1ccc(Cl)s1. The lowest BCUT2D eigenvalue weighted by Crippen LogP contribution is -2.14. The largest absolute Gasteiger partial charge is 0.323 e. The number of aromatic nitrogens is 3.